The van der Waals surface area contributed by atoms with Gasteiger partial charge in [-0.05, 0) is 57.8 Å². The Balaban J connectivity index is 2.08. The van der Waals surface area contributed by atoms with Crippen molar-refractivity contribution < 1.29 is 13.2 Å². The molecule has 0 spiro atoms. The highest BCUT2D eigenvalue weighted by Crippen LogP contribution is 2.21. The second-order valence-corrected chi connectivity index (χ2v) is 9.18. The summed E-state index contributed by atoms with van der Waals surface area (Å²) in [6.45, 7) is 1.66. The highest BCUT2D eigenvalue weighted by molar-refractivity contribution is 7.91. The van der Waals surface area contributed by atoms with E-state index in [4.69, 9.17) is 17.0 Å². The highest BCUT2D eigenvalue weighted by Gasteiger charge is 2.33. The summed E-state index contributed by atoms with van der Waals surface area (Å²) in [5, 5.41) is 3.79. The molecule has 1 atom stereocenters. The van der Waals surface area contributed by atoms with E-state index >= 15 is 0 Å². The fourth-order valence-electron chi connectivity index (χ4n) is 2.92. The molecule has 0 aromatic heterocycles. The van der Waals surface area contributed by atoms with Crippen LogP contribution in [0.5, 0.6) is 5.75 Å². The minimum atomic E-state index is -2.96. The van der Waals surface area contributed by atoms with Crippen molar-refractivity contribution in [3.8, 4) is 5.75 Å². The van der Waals surface area contributed by atoms with E-state index < -0.39 is 9.84 Å². The molecule has 0 bridgehead atoms. The van der Waals surface area contributed by atoms with E-state index in [1.807, 2.05) is 43.3 Å². The third kappa shape index (κ3) is 6.13. The zero-order valence-electron chi connectivity index (χ0n) is 15.1. The van der Waals surface area contributed by atoms with Crippen LogP contribution in [-0.4, -0.2) is 75.2 Å². The van der Waals surface area contributed by atoms with Crippen LogP contribution in [0, 0.1) is 0 Å². The lowest BCUT2D eigenvalue weighted by atomic mass is 10.2. The van der Waals surface area contributed by atoms with E-state index in [0.29, 0.717) is 11.5 Å². The largest absolute Gasteiger partial charge is 0.497 e. The lowest BCUT2D eigenvalue weighted by Gasteiger charge is -2.31. The van der Waals surface area contributed by atoms with Gasteiger partial charge >= 0.3 is 0 Å². The molecule has 1 aromatic carbocycles. The number of anilines is 1. The molecule has 1 aromatic rings. The van der Waals surface area contributed by atoms with Crippen molar-refractivity contribution in [2.75, 3.05) is 51.1 Å². The second kappa shape index (κ2) is 8.82. The summed E-state index contributed by atoms with van der Waals surface area (Å²) in [5.74, 6) is 1.16. The molecule has 1 saturated heterocycles. The zero-order chi connectivity index (χ0) is 18.4. The highest BCUT2D eigenvalue weighted by atomic mass is 32.2. The number of thiocarbonyl (C=S) groups is 1. The first-order valence-electron chi connectivity index (χ1n) is 8.37. The number of ether oxygens (including phenoxy) is 1. The smallest absolute Gasteiger partial charge is 0.173 e. The van der Waals surface area contributed by atoms with Gasteiger partial charge in [-0.15, -0.1) is 0 Å². The second-order valence-electron chi connectivity index (χ2n) is 6.57. The van der Waals surface area contributed by atoms with Gasteiger partial charge in [-0.25, -0.2) is 8.42 Å². The Hall–Kier alpha value is -1.38. The van der Waals surface area contributed by atoms with Gasteiger partial charge in [-0.3, -0.25) is 0 Å². The SMILES string of the molecule is COc1cccc(NC(=S)N(CCCN(C)C)[C@@H]2CCS(=O)(=O)C2)c1. The molecular weight excluding hydrogens is 358 g/mol. The molecule has 0 aliphatic carbocycles. The maximum absolute atomic E-state index is 11.9. The van der Waals surface area contributed by atoms with Crippen molar-refractivity contribution in [3.63, 3.8) is 0 Å². The quantitative estimate of drug-likeness (QED) is 0.719. The molecule has 0 amide bonds. The molecule has 0 radical (unpaired) electrons. The lowest BCUT2D eigenvalue weighted by molar-refractivity contribution is 0.306. The first-order valence-corrected chi connectivity index (χ1v) is 10.6. The number of sulfone groups is 1. The molecule has 8 heteroatoms. The van der Waals surface area contributed by atoms with Gasteiger partial charge in [0.1, 0.15) is 5.75 Å². The van der Waals surface area contributed by atoms with Gasteiger partial charge in [-0.1, -0.05) is 6.07 Å². The molecule has 1 heterocycles. The van der Waals surface area contributed by atoms with E-state index in [9.17, 15) is 8.42 Å². The summed E-state index contributed by atoms with van der Waals surface area (Å²) in [6.07, 6.45) is 1.55. The Morgan fingerprint density at radius 2 is 2.12 bits per heavy atom. The minimum Gasteiger partial charge on any atom is -0.497 e. The number of nitrogens with zero attached hydrogens (tertiary/aromatic N) is 2. The number of hydrogen-bond acceptors (Lipinski definition) is 5. The van der Waals surface area contributed by atoms with Gasteiger partial charge in [0, 0.05) is 24.3 Å². The molecule has 25 heavy (non-hydrogen) atoms. The predicted octanol–water partition coefficient (Wildman–Crippen LogP) is 1.83. The van der Waals surface area contributed by atoms with Crippen molar-refractivity contribution in [3.05, 3.63) is 24.3 Å². The summed E-state index contributed by atoms with van der Waals surface area (Å²) in [7, 11) is 2.71. The van der Waals surface area contributed by atoms with E-state index in [1.54, 1.807) is 7.11 Å². The Bertz CT molecular complexity index is 692. The summed E-state index contributed by atoms with van der Waals surface area (Å²) in [6, 6.07) is 7.48. The normalized spacial score (nSPS) is 19.0. The van der Waals surface area contributed by atoms with Crippen LogP contribution in [0.3, 0.4) is 0 Å². The molecule has 6 nitrogen and oxygen atoms in total. The van der Waals surface area contributed by atoms with Crippen LogP contribution < -0.4 is 10.1 Å². The number of nitrogens with one attached hydrogen (secondary N) is 1. The summed E-state index contributed by atoms with van der Waals surface area (Å²) in [4.78, 5) is 4.14. The molecule has 2 rings (SSSR count). The first-order chi connectivity index (χ1) is 11.8. The molecule has 1 aliphatic rings. The molecule has 1 fully saturated rings. The van der Waals surface area contributed by atoms with E-state index in [-0.39, 0.29) is 17.5 Å². The van der Waals surface area contributed by atoms with Gasteiger partial charge in [0.05, 0.1) is 18.6 Å². The summed E-state index contributed by atoms with van der Waals surface area (Å²) >= 11 is 5.59. The van der Waals surface area contributed by atoms with Crippen LogP contribution in [0.2, 0.25) is 0 Å². The lowest BCUT2D eigenvalue weighted by Crippen LogP contribution is -2.44. The molecule has 0 unspecified atom stereocenters. The van der Waals surface area contributed by atoms with Crippen LogP contribution in [0.1, 0.15) is 12.8 Å². The fraction of sp³-hybridized carbons (Fsp3) is 0.588. The maximum Gasteiger partial charge on any atom is 0.173 e. The monoisotopic (exact) mass is 385 g/mol. The van der Waals surface area contributed by atoms with Crippen LogP contribution in [0.25, 0.3) is 0 Å². The standard InChI is InChI=1S/C17H27N3O3S2/c1-19(2)9-5-10-20(15-8-11-25(21,22)13-15)17(24)18-14-6-4-7-16(12-14)23-3/h4,6-7,12,15H,5,8-11,13H2,1-3H3,(H,18,24)/t15-/m1/s1. The van der Waals surface area contributed by atoms with E-state index in [1.165, 1.54) is 0 Å². The van der Waals surface area contributed by atoms with E-state index in [0.717, 1.165) is 30.9 Å². The summed E-state index contributed by atoms with van der Waals surface area (Å²) < 4.78 is 29.0. The van der Waals surface area contributed by atoms with Crippen LogP contribution in [0.15, 0.2) is 24.3 Å². The van der Waals surface area contributed by atoms with Crippen molar-refractivity contribution in [1.82, 2.24) is 9.80 Å². The Morgan fingerprint density at radius 3 is 2.72 bits per heavy atom. The number of hydrogen-bond donors (Lipinski definition) is 1. The average Bonchev–Trinajstić information content (AvgIpc) is 2.91. The Labute approximate surface area is 156 Å². The van der Waals surface area contributed by atoms with Gasteiger partial charge in [0.15, 0.2) is 14.9 Å². The number of benzene rings is 1. The van der Waals surface area contributed by atoms with Crippen molar-refractivity contribution >= 4 is 32.9 Å². The number of methoxy groups -OCH3 is 1. The summed E-state index contributed by atoms with van der Waals surface area (Å²) in [5.41, 5.74) is 0.836. The van der Waals surface area contributed by atoms with Crippen LogP contribution in [0.4, 0.5) is 5.69 Å². The Kier molecular flexibility index (Phi) is 7.04. The van der Waals surface area contributed by atoms with E-state index in [2.05, 4.69) is 10.2 Å². The predicted molar refractivity (Wildman–Crippen MR) is 106 cm³/mol. The third-order valence-electron chi connectivity index (χ3n) is 4.24. The minimum absolute atomic E-state index is 0.0576. The topological polar surface area (TPSA) is 61.9 Å². The average molecular weight is 386 g/mol. The Morgan fingerprint density at radius 1 is 1.36 bits per heavy atom. The van der Waals surface area contributed by atoms with Gasteiger partial charge < -0.3 is 19.9 Å². The van der Waals surface area contributed by atoms with Crippen molar-refractivity contribution in [2.45, 2.75) is 18.9 Å². The number of rotatable bonds is 7. The molecule has 1 aliphatic heterocycles. The van der Waals surface area contributed by atoms with Crippen molar-refractivity contribution in [1.29, 1.82) is 0 Å². The molecule has 1 N–H and O–H groups in total. The maximum atomic E-state index is 11.9. The van der Waals surface area contributed by atoms with Crippen LogP contribution in [-0.2, 0) is 9.84 Å². The van der Waals surface area contributed by atoms with Gasteiger partial charge in [-0.2, -0.15) is 0 Å². The zero-order valence-corrected chi connectivity index (χ0v) is 16.7. The van der Waals surface area contributed by atoms with Crippen molar-refractivity contribution in [2.24, 2.45) is 0 Å². The van der Waals surface area contributed by atoms with Gasteiger partial charge in [0.2, 0.25) is 0 Å². The van der Waals surface area contributed by atoms with Gasteiger partial charge in [0.25, 0.3) is 0 Å². The fourth-order valence-corrected chi connectivity index (χ4v) is 5.01. The molecule has 140 valence electrons. The van der Waals surface area contributed by atoms with Crippen LogP contribution >= 0.6 is 12.2 Å². The third-order valence-corrected chi connectivity index (χ3v) is 6.32. The molecular formula is C17H27N3O3S2. The first kappa shape index (κ1) is 19.9. The molecule has 0 saturated carbocycles.